The van der Waals surface area contributed by atoms with Crippen LogP contribution < -0.4 is 10.5 Å². The van der Waals surface area contributed by atoms with Crippen LogP contribution >= 0.6 is 0 Å². The molecular formula is C15H15N3O2S. The highest BCUT2D eigenvalue weighted by atomic mass is 32.2. The first-order chi connectivity index (χ1) is 10.0. The van der Waals surface area contributed by atoms with Gasteiger partial charge in [-0.05, 0) is 36.8 Å². The predicted molar refractivity (Wildman–Crippen MR) is 82.2 cm³/mol. The number of hydrogen-bond donors (Lipinski definition) is 2. The largest absolute Gasteiger partial charge is 0.320 e. The highest BCUT2D eigenvalue weighted by Crippen LogP contribution is 2.20. The number of nitrogens with two attached hydrogens (primary N) is 1. The molecule has 1 heterocycles. The summed E-state index contributed by atoms with van der Waals surface area (Å²) in [7, 11) is -3.71. The maximum absolute atomic E-state index is 12.5. The molecule has 0 fully saturated rings. The zero-order chi connectivity index (χ0) is 15.3. The number of rotatable bonds is 3. The number of nitrogens with zero attached hydrogens (tertiary/aromatic N) is 1. The van der Waals surface area contributed by atoms with E-state index in [4.69, 9.17) is 5.73 Å². The van der Waals surface area contributed by atoms with E-state index in [2.05, 4.69) is 21.5 Å². The summed E-state index contributed by atoms with van der Waals surface area (Å²) >= 11 is 0. The first kappa shape index (κ1) is 15.0. The molecule has 0 atom stereocenters. The third kappa shape index (κ3) is 3.81. The van der Waals surface area contributed by atoms with Crippen LogP contribution in [0.1, 0.15) is 11.1 Å². The zero-order valence-electron chi connectivity index (χ0n) is 11.5. The van der Waals surface area contributed by atoms with Gasteiger partial charge in [-0.15, -0.1) is 0 Å². The van der Waals surface area contributed by atoms with Crippen molar-refractivity contribution in [3.63, 3.8) is 0 Å². The number of aromatic nitrogens is 1. The van der Waals surface area contributed by atoms with Gasteiger partial charge in [-0.2, -0.15) is 0 Å². The molecule has 0 saturated heterocycles. The number of sulfonamides is 1. The monoisotopic (exact) mass is 301 g/mol. The van der Waals surface area contributed by atoms with Crippen molar-refractivity contribution in [2.75, 3.05) is 11.3 Å². The predicted octanol–water partition coefficient (Wildman–Crippen LogP) is 1.50. The molecule has 0 aliphatic carbocycles. The van der Waals surface area contributed by atoms with Crippen molar-refractivity contribution in [3.8, 4) is 11.8 Å². The van der Waals surface area contributed by atoms with Crippen molar-refractivity contribution in [2.45, 2.75) is 11.8 Å². The molecule has 0 unspecified atom stereocenters. The zero-order valence-corrected chi connectivity index (χ0v) is 12.3. The molecule has 6 heteroatoms. The lowest BCUT2D eigenvalue weighted by molar-refractivity contribution is 0.601. The lowest BCUT2D eigenvalue weighted by atomic mass is 10.1. The van der Waals surface area contributed by atoms with Crippen LogP contribution in [0.3, 0.4) is 0 Å². The van der Waals surface area contributed by atoms with Crippen LogP contribution in [-0.2, 0) is 10.0 Å². The quantitative estimate of drug-likeness (QED) is 0.841. The van der Waals surface area contributed by atoms with Crippen LogP contribution in [0.15, 0.2) is 47.6 Å². The highest BCUT2D eigenvalue weighted by Gasteiger charge is 2.18. The van der Waals surface area contributed by atoms with Crippen LogP contribution in [0.5, 0.6) is 0 Å². The lowest BCUT2D eigenvalue weighted by Crippen LogP contribution is -2.14. The Morgan fingerprint density at radius 1 is 1.24 bits per heavy atom. The Bertz CT molecular complexity index is 791. The van der Waals surface area contributed by atoms with E-state index in [1.807, 2.05) is 6.92 Å². The fourth-order valence-electron chi connectivity index (χ4n) is 1.75. The lowest BCUT2D eigenvalue weighted by Gasteiger charge is -2.10. The van der Waals surface area contributed by atoms with Gasteiger partial charge in [-0.1, -0.05) is 17.9 Å². The van der Waals surface area contributed by atoms with Crippen molar-refractivity contribution < 1.29 is 8.42 Å². The van der Waals surface area contributed by atoms with Crippen molar-refractivity contribution >= 4 is 15.7 Å². The van der Waals surface area contributed by atoms with Gasteiger partial charge in [0, 0.05) is 18.0 Å². The van der Waals surface area contributed by atoms with E-state index in [1.165, 1.54) is 12.4 Å². The minimum absolute atomic E-state index is 0.130. The average Bonchev–Trinajstić information content (AvgIpc) is 2.45. The number of nitrogens with one attached hydrogen (secondary N) is 1. The summed E-state index contributed by atoms with van der Waals surface area (Å²) in [6.07, 6.45) is 3.03. The normalized spacial score (nSPS) is 10.6. The molecule has 0 aliphatic rings. The van der Waals surface area contributed by atoms with E-state index in [0.29, 0.717) is 11.3 Å². The van der Waals surface area contributed by atoms with Crippen molar-refractivity contribution in [1.29, 1.82) is 0 Å². The molecule has 0 saturated carbocycles. The van der Waals surface area contributed by atoms with E-state index in [-0.39, 0.29) is 11.4 Å². The number of pyridine rings is 1. The Hall–Kier alpha value is -2.36. The van der Waals surface area contributed by atoms with E-state index in [1.54, 1.807) is 30.3 Å². The SMILES string of the molecule is Cc1ccc(S(=O)(=O)Nc2ccncc2)c(C#CCN)c1. The smallest absolute Gasteiger partial charge is 0.263 e. The van der Waals surface area contributed by atoms with Gasteiger partial charge in [0.15, 0.2) is 0 Å². The average molecular weight is 301 g/mol. The molecule has 0 amide bonds. The molecule has 0 spiro atoms. The summed E-state index contributed by atoms with van der Waals surface area (Å²) in [6.45, 7) is 2.05. The second-order valence-corrected chi connectivity index (χ2v) is 6.00. The molecule has 108 valence electrons. The van der Waals surface area contributed by atoms with Gasteiger partial charge in [0.05, 0.1) is 12.2 Å². The van der Waals surface area contributed by atoms with E-state index < -0.39 is 10.0 Å². The van der Waals surface area contributed by atoms with Gasteiger partial charge in [-0.3, -0.25) is 9.71 Å². The van der Waals surface area contributed by atoms with E-state index >= 15 is 0 Å². The van der Waals surface area contributed by atoms with E-state index in [9.17, 15) is 8.42 Å². The van der Waals surface area contributed by atoms with E-state index in [0.717, 1.165) is 5.56 Å². The maximum atomic E-state index is 12.5. The Balaban J connectivity index is 2.45. The molecule has 2 aromatic rings. The molecule has 2 rings (SSSR count). The molecule has 1 aromatic carbocycles. The molecule has 0 aliphatic heterocycles. The maximum Gasteiger partial charge on any atom is 0.263 e. The molecule has 21 heavy (non-hydrogen) atoms. The molecular weight excluding hydrogens is 286 g/mol. The fourth-order valence-corrected chi connectivity index (χ4v) is 2.96. The first-order valence-electron chi connectivity index (χ1n) is 6.25. The molecule has 0 bridgehead atoms. The van der Waals surface area contributed by atoms with Crippen LogP contribution in [0, 0.1) is 18.8 Å². The Kier molecular flexibility index (Phi) is 4.58. The third-order valence-corrected chi connectivity index (χ3v) is 4.12. The van der Waals surface area contributed by atoms with Crippen molar-refractivity contribution in [3.05, 3.63) is 53.9 Å². The van der Waals surface area contributed by atoms with Gasteiger partial charge in [0.1, 0.15) is 4.90 Å². The van der Waals surface area contributed by atoms with Crippen LogP contribution in [0.2, 0.25) is 0 Å². The second kappa shape index (κ2) is 6.39. The van der Waals surface area contributed by atoms with Crippen LogP contribution in [0.4, 0.5) is 5.69 Å². The van der Waals surface area contributed by atoms with Gasteiger partial charge >= 0.3 is 0 Å². The summed E-state index contributed by atoms with van der Waals surface area (Å²) < 4.78 is 27.4. The van der Waals surface area contributed by atoms with Gasteiger partial charge < -0.3 is 5.73 Å². The fraction of sp³-hybridized carbons (Fsp3) is 0.133. The van der Waals surface area contributed by atoms with Crippen molar-refractivity contribution in [2.24, 2.45) is 5.73 Å². The molecule has 1 aromatic heterocycles. The topological polar surface area (TPSA) is 85.1 Å². The minimum Gasteiger partial charge on any atom is -0.320 e. The summed E-state index contributed by atoms with van der Waals surface area (Å²) in [5.41, 5.74) is 7.16. The summed E-state index contributed by atoms with van der Waals surface area (Å²) in [5.74, 6) is 5.48. The Morgan fingerprint density at radius 2 is 1.95 bits per heavy atom. The number of anilines is 1. The summed E-state index contributed by atoms with van der Waals surface area (Å²) in [6, 6.07) is 8.16. The number of benzene rings is 1. The van der Waals surface area contributed by atoms with Crippen molar-refractivity contribution in [1.82, 2.24) is 4.98 Å². The second-order valence-electron chi connectivity index (χ2n) is 4.35. The van der Waals surface area contributed by atoms with Gasteiger partial charge in [-0.25, -0.2) is 8.42 Å². The molecule has 5 nitrogen and oxygen atoms in total. The summed E-state index contributed by atoms with van der Waals surface area (Å²) in [4.78, 5) is 3.98. The molecule has 3 N–H and O–H groups in total. The third-order valence-electron chi connectivity index (χ3n) is 2.68. The van der Waals surface area contributed by atoms with Crippen LogP contribution in [0.25, 0.3) is 0 Å². The Morgan fingerprint density at radius 3 is 2.62 bits per heavy atom. The highest BCUT2D eigenvalue weighted by molar-refractivity contribution is 7.92. The minimum atomic E-state index is -3.71. The first-order valence-corrected chi connectivity index (χ1v) is 7.73. The standard InChI is InChI=1S/C15H15N3O2S/c1-12-4-5-15(13(11-12)3-2-8-16)21(19,20)18-14-6-9-17-10-7-14/h4-7,9-11H,8,16H2,1H3,(H,17,18). The number of hydrogen-bond acceptors (Lipinski definition) is 4. The van der Waals surface area contributed by atoms with Gasteiger partial charge in [0.25, 0.3) is 10.0 Å². The molecule has 0 radical (unpaired) electrons. The van der Waals surface area contributed by atoms with Crippen LogP contribution in [-0.4, -0.2) is 19.9 Å². The number of aryl methyl sites for hydroxylation is 1. The summed E-state index contributed by atoms with van der Waals surface area (Å²) in [5, 5.41) is 0. The Labute approximate surface area is 124 Å². The van der Waals surface area contributed by atoms with Gasteiger partial charge in [0.2, 0.25) is 0 Å².